The summed E-state index contributed by atoms with van der Waals surface area (Å²) in [6.45, 7) is 6.58. The molecule has 0 aromatic heterocycles. The minimum atomic E-state index is -0.999. The van der Waals surface area contributed by atoms with Gasteiger partial charge in [-0.2, -0.15) is 5.26 Å². The van der Waals surface area contributed by atoms with Crippen LogP contribution in [-0.2, 0) is 14.3 Å². The summed E-state index contributed by atoms with van der Waals surface area (Å²) in [4.78, 5) is 36.5. The van der Waals surface area contributed by atoms with Gasteiger partial charge in [0.25, 0.3) is 0 Å². The van der Waals surface area contributed by atoms with Crippen molar-refractivity contribution in [2.24, 2.45) is 5.92 Å². The van der Waals surface area contributed by atoms with E-state index in [2.05, 4.69) is 5.32 Å². The van der Waals surface area contributed by atoms with Crippen LogP contribution in [0.15, 0.2) is 48.5 Å². The van der Waals surface area contributed by atoms with Crippen LogP contribution >= 0.6 is 0 Å². The zero-order valence-electron chi connectivity index (χ0n) is 17.3. The summed E-state index contributed by atoms with van der Waals surface area (Å²) in [6.07, 6.45) is -1.93. The van der Waals surface area contributed by atoms with E-state index in [0.29, 0.717) is 22.6 Å². The van der Waals surface area contributed by atoms with Crippen LogP contribution in [0.5, 0.6) is 5.75 Å². The van der Waals surface area contributed by atoms with Crippen molar-refractivity contribution in [3.05, 3.63) is 59.7 Å². The lowest BCUT2D eigenvalue weighted by molar-refractivity contribution is -0.153. The number of nitriles is 1. The Hall–Kier alpha value is -3.66. The van der Waals surface area contributed by atoms with Crippen molar-refractivity contribution >= 4 is 23.3 Å². The van der Waals surface area contributed by atoms with Gasteiger partial charge >= 0.3 is 5.97 Å². The van der Waals surface area contributed by atoms with E-state index in [1.165, 1.54) is 13.8 Å². The van der Waals surface area contributed by atoms with Crippen molar-refractivity contribution in [3.8, 4) is 11.8 Å². The number of benzene rings is 2. The van der Waals surface area contributed by atoms with Crippen molar-refractivity contribution in [3.63, 3.8) is 0 Å². The van der Waals surface area contributed by atoms with Crippen LogP contribution in [0.1, 0.15) is 43.6 Å². The predicted octanol–water partition coefficient (Wildman–Crippen LogP) is 3.73. The zero-order valence-corrected chi connectivity index (χ0v) is 17.3. The molecule has 156 valence electrons. The molecule has 1 amide bonds. The average Bonchev–Trinajstić information content (AvgIpc) is 2.74. The monoisotopic (exact) mass is 408 g/mol. The number of carbonyl (C=O) groups excluding carboxylic acids is 3. The minimum absolute atomic E-state index is 0.118. The molecule has 0 unspecified atom stereocenters. The first kappa shape index (κ1) is 22.6. The van der Waals surface area contributed by atoms with Crippen molar-refractivity contribution in [2.75, 3.05) is 5.32 Å². The van der Waals surface area contributed by atoms with Gasteiger partial charge in [-0.25, -0.2) is 4.79 Å². The average molecular weight is 408 g/mol. The van der Waals surface area contributed by atoms with Crippen LogP contribution < -0.4 is 10.1 Å². The van der Waals surface area contributed by atoms with E-state index in [1.807, 2.05) is 6.07 Å². The number of nitrogens with zero attached hydrogens (tertiary/aromatic N) is 1. The van der Waals surface area contributed by atoms with Crippen molar-refractivity contribution in [1.82, 2.24) is 0 Å². The van der Waals surface area contributed by atoms with Crippen molar-refractivity contribution in [1.29, 1.82) is 5.26 Å². The molecule has 1 N–H and O–H groups in total. The summed E-state index contributed by atoms with van der Waals surface area (Å²) in [5.41, 5.74) is 1.42. The van der Waals surface area contributed by atoms with Crippen LogP contribution in [0.25, 0.3) is 0 Å². The maximum atomic E-state index is 12.5. The Kier molecular flexibility index (Phi) is 7.70. The molecule has 0 fully saturated rings. The highest BCUT2D eigenvalue weighted by Gasteiger charge is 2.24. The second-order valence-electron chi connectivity index (χ2n) is 7.06. The molecule has 0 aliphatic heterocycles. The normalized spacial score (nSPS) is 12.4. The summed E-state index contributed by atoms with van der Waals surface area (Å²) >= 11 is 0. The van der Waals surface area contributed by atoms with E-state index in [1.54, 1.807) is 62.4 Å². The Morgan fingerprint density at radius 3 is 2.03 bits per heavy atom. The highest BCUT2D eigenvalue weighted by molar-refractivity contribution is 6.01. The number of ketones is 1. The molecule has 0 heterocycles. The fraction of sp³-hybridized carbons (Fsp3) is 0.304. The van der Waals surface area contributed by atoms with Gasteiger partial charge in [0.15, 0.2) is 12.2 Å². The lowest BCUT2D eigenvalue weighted by Crippen LogP contribution is -2.32. The van der Waals surface area contributed by atoms with Gasteiger partial charge in [0.2, 0.25) is 11.7 Å². The number of hydrogen-bond donors (Lipinski definition) is 1. The number of carbonyl (C=O) groups is 3. The summed E-state index contributed by atoms with van der Waals surface area (Å²) < 4.78 is 10.7. The third-order valence-electron chi connectivity index (χ3n) is 4.25. The summed E-state index contributed by atoms with van der Waals surface area (Å²) in [5, 5.41) is 11.5. The fourth-order valence-corrected chi connectivity index (χ4v) is 2.42. The number of esters is 1. The van der Waals surface area contributed by atoms with Gasteiger partial charge in [-0.3, -0.25) is 9.59 Å². The van der Waals surface area contributed by atoms with Gasteiger partial charge in [-0.15, -0.1) is 0 Å². The molecule has 2 aromatic rings. The number of hydrogen-bond acceptors (Lipinski definition) is 6. The Balaban J connectivity index is 1.92. The molecular weight excluding hydrogens is 384 g/mol. The molecule has 0 aliphatic rings. The zero-order chi connectivity index (χ0) is 22.3. The highest BCUT2D eigenvalue weighted by Crippen LogP contribution is 2.16. The van der Waals surface area contributed by atoms with Crippen LogP contribution in [0, 0.1) is 17.2 Å². The fourth-order valence-electron chi connectivity index (χ4n) is 2.42. The Bertz CT molecular complexity index is 943. The van der Waals surface area contributed by atoms with Gasteiger partial charge in [-0.05, 0) is 62.4 Å². The van der Waals surface area contributed by atoms with E-state index in [4.69, 9.17) is 14.7 Å². The quantitative estimate of drug-likeness (QED) is 0.527. The molecule has 0 radical (unpaired) electrons. The maximum Gasteiger partial charge on any atom is 0.347 e. The number of Topliss-reactive ketones (excluding diaryl/α,β-unsaturated/α-hetero) is 1. The van der Waals surface area contributed by atoms with E-state index < -0.39 is 18.2 Å². The lowest BCUT2D eigenvalue weighted by Gasteiger charge is -2.17. The molecule has 0 saturated carbocycles. The number of ether oxygens (including phenoxy) is 2. The molecule has 0 saturated heterocycles. The SMILES string of the molecule is CC(C)C(=O)Nc1ccc(C(=O)[C@H](C)OC(=O)[C@@H](C)Oc2ccc(C#N)cc2)cc1. The first-order chi connectivity index (χ1) is 14.2. The van der Waals surface area contributed by atoms with Crippen LogP contribution in [-0.4, -0.2) is 29.9 Å². The van der Waals surface area contributed by atoms with Gasteiger partial charge < -0.3 is 14.8 Å². The van der Waals surface area contributed by atoms with Gasteiger partial charge in [0, 0.05) is 17.2 Å². The van der Waals surface area contributed by atoms with Crippen LogP contribution in [0.2, 0.25) is 0 Å². The Morgan fingerprint density at radius 1 is 0.900 bits per heavy atom. The summed E-state index contributed by atoms with van der Waals surface area (Å²) in [6, 6.07) is 14.7. The lowest BCUT2D eigenvalue weighted by atomic mass is 10.1. The van der Waals surface area contributed by atoms with Gasteiger partial charge in [-0.1, -0.05) is 13.8 Å². The van der Waals surface area contributed by atoms with E-state index in [9.17, 15) is 14.4 Å². The second kappa shape index (κ2) is 10.2. The molecule has 0 bridgehead atoms. The largest absolute Gasteiger partial charge is 0.479 e. The Labute approximate surface area is 175 Å². The molecule has 0 spiro atoms. The van der Waals surface area contributed by atoms with Gasteiger partial charge in [0.1, 0.15) is 5.75 Å². The topological polar surface area (TPSA) is 105 Å². The first-order valence-electron chi connectivity index (χ1n) is 9.53. The van der Waals surface area contributed by atoms with E-state index in [-0.39, 0.29) is 17.6 Å². The van der Waals surface area contributed by atoms with Gasteiger partial charge in [0.05, 0.1) is 11.6 Å². The maximum absolute atomic E-state index is 12.5. The van der Waals surface area contributed by atoms with Crippen LogP contribution in [0.4, 0.5) is 5.69 Å². The summed E-state index contributed by atoms with van der Waals surface area (Å²) in [5.74, 6) is -0.903. The molecule has 2 rings (SSSR count). The smallest absolute Gasteiger partial charge is 0.347 e. The van der Waals surface area contributed by atoms with E-state index in [0.717, 1.165) is 0 Å². The molecule has 0 aliphatic carbocycles. The highest BCUT2D eigenvalue weighted by atomic mass is 16.6. The van der Waals surface area contributed by atoms with E-state index >= 15 is 0 Å². The first-order valence-corrected chi connectivity index (χ1v) is 9.53. The molecule has 30 heavy (non-hydrogen) atoms. The number of nitrogens with one attached hydrogen (secondary N) is 1. The molecule has 2 aromatic carbocycles. The van der Waals surface area contributed by atoms with Crippen molar-refractivity contribution < 1.29 is 23.9 Å². The third kappa shape index (κ3) is 6.17. The standard InChI is InChI=1S/C23H24N2O5/c1-14(2)22(27)25-19-9-7-18(8-10-19)21(26)15(3)30-23(28)16(4)29-20-11-5-17(13-24)6-12-20/h5-12,14-16H,1-4H3,(H,25,27)/t15-,16+/m0/s1. The molecule has 7 nitrogen and oxygen atoms in total. The predicted molar refractivity (Wildman–Crippen MR) is 111 cm³/mol. The van der Waals surface area contributed by atoms with Crippen molar-refractivity contribution in [2.45, 2.75) is 39.9 Å². The summed E-state index contributed by atoms with van der Waals surface area (Å²) in [7, 11) is 0. The number of amides is 1. The number of anilines is 1. The number of rotatable bonds is 8. The molecule has 2 atom stereocenters. The minimum Gasteiger partial charge on any atom is -0.479 e. The Morgan fingerprint density at radius 2 is 1.50 bits per heavy atom. The molecule has 7 heteroatoms. The van der Waals surface area contributed by atoms with Crippen LogP contribution in [0.3, 0.4) is 0 Å². The third-order valence-corrected chi connectivity index (χ3v) is 4.25. The second-order valence-corrected chi connectivity index (χ2v) is 7.06. The molecular formula is C23H24N2O5.